The van der Waals surface area contributed by atoms with Gasteiger partial charge >= 0.3 is 5.97 Å². The predicted molar refractivity (Wildman–Crippen MR) is 184 cm³/mol. The van der Waals surface area contributed by atoms with Gasteiger partial charge in [0.25, 0.3) is 15.6 Å². The Morgan fingerprint density at radius 1 is 1.11 bits per heavy atom. The number of hydrogen-bond acceptors (Lipinski definition) is 9. The molecule has 5 aromatic rings. The summed E-state index contributed by atoms with van der Waals surface area (Å²) in [6.45, 7) is 4.16. The van der Waals surface area contributed by atoms with Gasteiger partial charge < -0.3 is 14.6 Å². The molecular formula is C35H33N3O7S2. The molecule has 0 saturated heterocycles. The number of sulfonamides is 1. The summed E-state index contributed by atoms with van der Waals surface area (Å²) in [7, 11) is -2.68. The fraction of sp³-hybridized carbons (Fsp3) is 0.229. The van der Waals surface area contributed by atoms with Crippen LogP contribution < -0.4 is 15.0 Å². The first kappa shape index (κ1) is 32.0. The normalized spacial score (nSPS) is 14.7. The van der Waals surface area contributed by atoms with E-state index in [2.05, 4.69) is 11.6 Å². The molecular weight excluding hydrogens is 639 g/mol. The average Bonchev–Trinajstić information content (AvgIpc) is 3.42. The van der Waals surface area contributed by atoms with Crippen LogP contribution in [0.5, 0.6) is 11.6 Å². The van der Waals surface area contributed by atoms with Crippen molar-refractivity contribution in [2.24, 2.45) is 10.9 Å². The summed E-state index contributed by atoms with van der Waals surface area (Å²) in [5, 5.41) is 12.9. The van der Waals surface area contributed by atoms with E-state index < -0.39 is 27.4 Å². The second-order valence-electron chi connectivity index (χ2n) is 11.2. The van der Waals surface area contributed by atoms with E-state index in [-0.39, 0.29) is 33.8 Å². The van der Waals surface area contributed by atoms with Gasteiger partial charge in [-0.2, -0.15) is 0 Å². The maximum absolute atomic E-state index is 13.8. The van der Waals surface area contributed by atoms with Gasteiger partial charge in [-0.3, -0.25) is 9.52 Å². The second-order valence-corrected chi connectivity index (χ2v) is 14.0. The van der Waals surface area contributed by atoms with Gasteiger partial charge in [-0.1, -0.05) is 43.3 Å². The minimum absolute atomic E-state index is 0.128. The Bertz CT molecular complexity index is 2200. The van der Waals surface area contributed by atoms with E-state index >= 15 is 0 Å². The molecule has 12 heteroatoms. The Labute approximate surface area is 276 Å². The highest BCUT2D eigenvalue weighted by Gasteiger charge is 2.28. The number of fused-ring (bicyclic) bond motifs is 2. The van der Waals surface area contributed by atoms with E-state index in [1.165, 1.54) is 48.9 Å². The SMILES string of the molecule is CCOC(=O)c1c(N=Cc2c(O)n(-c3cccc(S(=O)(=O)Nc4ccccc4OC)c3)c(=O)c3ccccc23)sc2c1CC[C@@H](C)C2. The van der Waals surface area contributed by atoms with E-state index in [4.69, 9.17) is 14.5 Å². The van der Waals surface area contributed by atoms with Gasteiger partial charge in [-0.05, 0) is 74.1 Å². The van der Waals surface area contributed by atoms with Gasteiger partial charge in [-0.15, -0.1) is 11.3 Å². The number of carbonyl (C=O) groups excluding carboxylic acids is 1. The van der Waals surface area contributed by atoms with Crippen molar-refractivity contribution < 1.29 is 27.8 Å². The van der Waals surface area contributed by atoms with Crippen LogP contribution in [-0.2, 0) is 27.6 Å². The molecule has 0 radical (unpaired) electrons. The number of nitrogens with one attached hydrogen (secondary N) is 1. The summed E-state index contributed by atoms with van der Waals surface area (Å²) >= 11 is 1.43. The number of esters is 1. The van der Waals surface area contributed by atoms with Crippen molar-refractivity contribution in [2.45, 2.75) is 38.0 Å². The van der Waals surface area contributed by atoms with Crippen LogP contribution in [0.4, 0.5) is 10.7 Å². The van der Waals surface area contributed by atoms with Crippen LogP contribution in [0.25, 0.3) is 16.5 Å². The second kappa shape index (κ2) is 13.0. The lowest BCUT2D eigenvalue weighted by atomic mass is 9.88. The summed E-state index contributed by atoms with van der Waals surface area (Å²) in [6.07, 6.45) is 3.99. The number of anilines is 1. The number of para-hydroxylation sites is 2. The third kappa shape index (κ3) is 6.13. The summed E-state index contributed by atoms with van der Waals surface area (Å²) in [5.41, 5.74) is 1.45. The number of nitrogens with zero attached hydrogens (tertiary/aromatic N) is 2. The maximum Gasteiger partial charge on any atom is 0.341 e. The van der Waals surface area contributed by atoms with Crippen LogP contribution >= 0.6 is 11.3 Å². The van der Waals surface area contributed by atoms with E-state index in [0.717, 1.165) is 34.3 Å². The smallest absolute Gasteiger partial charge is 0.341 e. The van der Waals surface area contributed by atoms with E-state index in [9.17, 15) is 23.1 Å². The molecule has 47 heavy (non-hydrogen) atoms. The molecule has 10 nitrogen and oxygen atoms in total. The Morgan fingerprint density at radius 3 is 2.62 bits per heavy atom. The highest BCUT2D eigenvalue weighted by atomic mass is 32.2. The molecule has 6 rings (SSSR count). The Hall–Kier alpha value is -4.94. The molecule has 242 valence electrons. The van der Waals surface area contributed by atoms with Crippen molar-refractivity contribution in [3.63, 3.8) is 0 Å². The molecule has 1 aliphatic rings. The number of aromatic hydroxyl groups is 1. The van der Waals surface area contributed by atoms with Crippen molar-refractivity contribution >= 4 is 55.0 Å². The molecule has 0 spiro atoms. The Morgan fingerprint density at radius 2 is 1.85 bits per heavy atom. The number of carbonyl (C=O) groups is 1. The molecule has 2 aromatic heterocycles. The van der Waals surface area contributed by atoms with Crippen LogP contribution in [0.15, 0.2) is 87.5 Å². The lowest BCUT2D eigenvalue weighted by molar-refractivity contribution is 0.0526. The zero-order chi connectivity index (χ0) is 33.3. The van der Waals surface area contributed by atoms with Crippen molar-refractivity contribution in [3.05, 3.63) is 105 Å². The number of ether oxygens (including phenoxy) is 2. The molecule has 0 amide bonds. The Kier molecular flexibility index (Phi) is 8.89. The molecule has 1 aliphatic carbocycles. The molecule has 2 N–H and O–H groups in total. The number of aliphatic imine (C=N–C) groups is 1. The van der Waals surface area contributed by atoms with E-state index in [1.807, 2.05) is 0 Å². The number of rotatable bonds is 9. The van der Waals surface area contributed by atoms with Crippen LogP contribution in [0.3, 0.4) is 0 Å². The third-order valence-electron chi connectivity index (χ3n) is 8.12. The monoisotopic (exact) mass is 671 g/mol. The lowest BCUT2D eigenvalue weighted by Gasteiger charge is -2.18. The van der Waals surface area contributed by atoms with Crippen molar-refractivity contribution in [1.82, 2.24) is 4.57 Å². The molecule has 2 heterocycles. The van der Waals surface area contributed by atoms with Gasteiger partial charge in [0.2, 0.25) is 5.88 Å². The lowest BCUT2D eigenvalue weighted by Crippen LogP contribution is -2.21. The highest BCUT2D eigenvalue weighted by molar-refractivity contribution is 7.92. The van der Waals surface area contributed by atoms with Crippen molar-refractivity contribution in [3.8, 4) is 17.3 Å². The van der Waals surface area contributed by atoms with Gasteiger partial charge in [0.1, 0.15) is 10.8 Å². The quantitative estimate of drug-likeness (QED) is 0.133. The largest absolute Gasteiger partial charge is 0.495 e. The first-order valence-corrected chi connectivity index (χ1v) is 17.4. The third-order valence-corrected chi connectivity index (χ3v) is 10.6. The molecule has 0 fully saturated rings. The molecule has 3 aromatic carbocycles. The number of hydrogen-bond donors (Lipinski definition) is 2. The average molecular weight is 672 g/mol. The summed E-state index contributed by atoms with van der Waals surface area (Å²) in [4.78, 5) is 32.5. The summed E-state index contributed by atoms with van der Waals surface area (Å²) < 4.78 is 41.1. The van der Waals surface area contributed by atoms with E-state index in [1.54, 1.807) is 55.5 Å². The number of pyridine rings is 1. The number of methoxy groups -OCH3 is 1. The summed E-state index contributed by atoms with van der Waals surface area (Å²) in [6, 6.07) is 19.1. The molecule has 0 unspecified atom stereocenters. The van der Waals surface area contributed by atoms with Gasteiger partial charge in [0.05, 0.1) is 41.1 Å². The first-order chi connectivity index (χ1) is 22.6. The van der Waals surface area contributed by atoms with Gasteiger partial charge in [0.15, 0.2) is 0 Å². The highest BCUT2D eigenvalue weighted by Crippen LogP contribution is 2.42. The maximum atomic E-state index is 13.8. The van der Waals surface area contributed by atoms with Crippen molar-refractivity contribution in [1.29, 1.82) is 0 Å². The predicted octanol–water partition coefficient (Wildman–Crippen LogP) is 6.62. The van der Waals surface area contributed by atoms with E-state index in [0.29, 0.717) is 27.6 Å². The number of thiophene rings is 1. The minimum Gasteiger partial charge on any atom is -0.495 e. The summed E-state index contributed by atoms with van der Waals surface area (Å²) in [5.74, 6) is -0.0522. The van der Waals surface area contributed by atoms with Gasteiger partial charge in [-0.25, -0.2) is 22.8 Å². The van der Waals surface area contributed by atoms with Crippen LogP contribution in [-0.4, -0.2) is 44.0 Å². The molecule has 0 aliphatic heterocycles. The topological polar surface area (TPSA) is 136 Å². The van der Waals surface area contributed by atoms with Crippen molar-refractivity contribution in [2.75, 3.05) is 18.4 Å². The molecule has 0 saturated carbocycles. The first-order valence-electron chi connectivity index (χ1n) is 15.1. The van der Waals surface area contributed by atoms with Crippen LogP contribution in [0, 0.1) is 5.92 Å². The number of benzene rings is 3. The zero-order valence-electron chi connectivity index (χ0n) is 26.0. The fourth-order valence-electron chi connectivity index (χ4n) is 5.82. The minimum atomic E-state index is -4.12. The van der Waals surface area contributed by atoms with Crippen LogP contribution in [0.2, 0.25) is 0 Å². The molecule has 0 bridgehead atoms. The Balaban J connectivity index is 1.47. The standard InChI is InChI=1S/C35H33N3O7S2/c1-4-45-35(41)31-26-17-16-21(2)18-30(26)46-32(31)36-20-27-24-12-5-6-13-25(24)33(39)38(34(27)40)22-10-9-11-23(19-22)47(42,43)37-28-14-7-8-15-29(28)44-3/h5-15,19-21,37,40H,4,16-18H2,1-3H3/t21-/m1/s1. The fourth-order valence-corrected chi connectivity index (χ4v) is 8.27. The zero-order valence-corrected chi connectivity index (χ0v) is 27.7. The van der Waals surface area contributed by atoms with Gasteiger partial charge in [0, 0.05) is 21.9 Å². The molecule has 1 atom stereocenters. The van der Waals surface area contributed by atoms with Crippen LogP contribution in [0.1, 0.15) is 46.6 Å². The number of aromatic nitrogens is 1.